The Kier molecular flexibility index (Phi) is 7.59. The van der Waals surface area contributed by atoms with Crippen molar-refractivity contribution in [2.75, 3.05) is 62.4 Å². The van der Waals surface area contributed by atoms with Crippen LogP contribution in [-0.4, -0.2) is 96.6 Å². The molecule has 0 aliphatic carbocycles. The van der Waals surface area contributed by atoms with Gasteiger partial charge in [-0.1, -0.05) is 17.4 Å². The van der Waals surface area contributed by atoms with Gasteiger partial charge in [-0.05, 0) is 26.0 Å². The third kappa shape index (κ3) is 5.51. The molecule has 0 bridgehead atoms. The Hall–Kier alpha value is -3.07. The Labute approximate surface area is 214 Å². The number of para-hydroxylation sites is 1. The second kappa shape index (κ2) is 10.5. The summed E-state index contributed by atoms with van der Waals surface area (Å²) < 4.78 is 27.8. The van der Waals surface area contributed by atoms with Gasteiger partial charge in [-0.15, -0.1) is 0 Å². The fourth-order valence-electron chi connectivity index (χ4n) is 4.25. The predicted octanol–water partition coefficient (Wildman–Crippen LogP) is 2.36. The van der Waals surface area contributed by atoms with Gasteiger partial charge in [-0.3, -0.25) is 10.2 Å². The first-order valence-corrected chi connectivity index (χ1v) is 13.7. The van der Waals surface area contributed by atoms with E-state index in [-0.39, 0.29) is 15.4 Å². The van der Waals surface area contributed by atoms with Crippen molar-refractivity contribution in [3.8, 4) is 0 Å². The monoisotopic (exact) mass is 534 g/mol. The Bertz CT molecular complexity index is 1350. The van der Waals surface area contributed by atoms with Crippen LogP contribution in [0.3, 0.4) is 0 Å². The van der Waals surface area contributed by atoms with E-state index in [1.807, 2.05) is 37.2 Å². The molecule has 0 unspecified atom stereocenters. The molecule has 1 aromatic carbocycles. The lowest BCUT2D eigenvalue weighted by atomic mass is 10.2. The lowest BCUT2D eigenvalue weighted by Gasteiger charge is -2.35. The van der Waals surface area contributed by atoms with Crippen LogP contribution in [0.25, 0.3) is 10.9 Å². The molecule has 0 saturated carbocycles. The molecule has 14 heteroatoms. The molecule has 1 saturated heterocycles. The minimum Gasteiger partial charge on any atom is -0.465 e. The smallest absolute Gasteiger partial charge is 0.410 e. The second-order valence-corrected chi connectivity index (χ2v) is 12.0. The summed E-state index contributed by atoms with van der Waals surface area (Å²) in [6, 6.07) is 6.08. The molecule has 3 aromatic rings. The number of anilines is 3. The average molecular weight is 535 g/mol. The van der Waals surface area contributed by atoms with Crippen molar-refractivity contribution in [2.45, 2.75) is 24.1 Å². The highest BCUT2D eigenvalue weighted by Gasteiger charge is 2.32. The van der Waals surface area contributed by atoms with E-state index >= 15 is 0 Å². The number of amides is 1. The van der Waals surface area contributed by atoms with E-state index < -0.39 is 16.1 Å². The van der Waals surface area contributed by atoms with Crippen LogP contribution in [0.15, 0.2) is 28.7 Å². The summed E-state index contributed by atoms with van der Waals surface area (Å²) in [5.41, 5.74) is 2.19. The number of thiazole rings is 1. The van der Waals surface area contributed by atoms with Crippen LogP contribution in [0.4, 0.5) is 21.4 Å². The number of carbonyl (C=O) groups is 1. The standard InChI is InChI=1S/C22H30N8O4S2/c1-14(25-19-16-6-5-7-17(28(3)4)18(16)23-13-24-19)12-29-8-10-30(11-9-29)36(33,34)20-15(2)26-21(35-20)27-22(31)32/h5-7,13-14H,8-12H2,1-4H3,(H,26,27)(H,31,32)(H,23,24,25)/t14-/m0/s1. The molecule has 1 fully saturated rings. The number of rotatable bonds is 8. The van der Waals surface area contributed by atoms with Crippen LogP contribution >= 0.6 is 11.3 Å². The summed E-state index contributed by atoms with van der Waals surface area (Å²) in [5.74, 6) is 0.767. The van der Waals surface area contributed by atoms with Crippen LogP contribution in [-0.2, 0) is 10.0 Å². The van der Waals surface area contributed by atoms with E-state index in [1.165, 1.54) is 4.31 Å². The summed E-state index contributed by atoms with van der Waals surface area (Å²) in [6.07, 6.45) is 0.282. The number of carboxylic acid groups (broad SMARTS) is 1. The van der Waals surface area contributed by atoms with Crippen molar-refractivity contribution in [1.29, 1.82) is 0 Å². The van der Waals surface area contributed by atoms with E-state index in [9.17, 15) is 13.2 Å². The molecule has 1 atom stereocenters. The normalized spacial score (nSPS) is 16.1. The van der Waals surface area contributed by atoms with E-state index in [1.54, 1.807) is 13.3 Å². The Morgan fingerprint density at radius 2 is 1.94 bits per heavy atom. The average Bonchev–Trinajstić information content (AvgIpc) is 3.19. The van der Waals surface area contributed by atoms with Crippen LogP contribution in [0.1, 0.15) is 12.6 Å². The van der Waals surface area contributed by atoms with Gasteiger partial charge < -0.3 is 15.3 Å². The number of benzene rings is 1. The first-order chi connectivity index (χ1) is 17.1. The molecule has 194 valence electrons. The number of hydrogen-bond donors (Lipinski definition) is 3. The molecule has 36 heavy (non-hydrogen) atoms. The minimum atomic E-state index is -3.75. The Morgan fingerprint density at radius 3 is 2.61 bits per heavy atom. The molecular formula is C22H30N8O4S2. The van der Waals surface area contributed by atoms with Gasteiger partial charge in [0.15, 0.2) is 9.34 Å². The van der Waals surface area contributed by atoms with Crippen molar-refractivity contribution in [3.05, 3.63) is 30.2 Å². The third-order valence-corrected chi connectivity index (χ3v) is 9.47. The zero-order valence-electron chi connectivity index (χ0n) is 20.6. The molecule has 12 nitrogen and oxygen atoms in total. The van der Waals surface area contributed by atoms with Crippen molar-refractivity contribution in [2.24, 2.45) is 0 Å². The number of nitrogens with zero attached hydrogens (tertiary/aromatic N) is 6. The summed E-state index contributed by atoms with van der Waals surface area (Å²) in [4.78, 5) is 28.0. The second-order valence-electron chi connectivity index (χ2n) is 8.86. The zero-order valence-corrected chi connectivity index (χ0v) is 22.2. The van der Waals surface area contributed by atoms with Gasteiger partial charge in [0.25, 0.3) is 10.0 Å². The van der Waals surface area contributed by atoms with Crippen LogP contribution in [0.5, 0.6) is 0 Å². The number of fused-ring (bicyclic) bond motifs is 1. The predicted molar refractivity (Wildman–Crippen MR) is 141 cm³/mol. The van der Waals surface area contributed by atoms with E-state index in [2.05, 4.69) is 37.4 Å². The molecule has 1 aliphatic heterocycles. The molecular weight excluding hydrogens is 504 g/mol. The summed E-state index contributed by atoms with van der Waals surface area (Å²) in [6.45, 7) is 6.21. The number of piperazine rings is 1. The fourth-order valence-corrected chi connectivity index (χ4v) is 7.21. The highest BCUT2D eigenvalue weighted by Crippen LogP contribution is 2.31. The largest absolute Gasteiger partial charge is 0.465 e. The lowest BCUT2D eigenvalue weighted by molar-refractivity contribution is 0.184. The van der Waals surface area contributed by atoms with Crippen molar-refractivity contribution < 1.29 is 18.3 Å². The van der Waals surface area contributed by atoms with Gasteiger partial charge in [0, 0.05) is 58.2 Å². The Balaban J connectivity index is 1.38. The SMILES string of the molecule is Cc1nc(NC(=O)O)sc1S(=O)(=O)N1CCN(C[C@H](C)Nc2ncnc3c(N(C)C)cccc23)CC1. The van der Waals surface area contributed by atoms with Gasteiger partial charge in [0.1, 0.15) is 12.1 Å². The van der Waals surface area contributed by atoms with E-state index in [0.29, 0.717) is 31.9 Å². The van der Waals surface area contributed by atoms with Gasteiger partial charge in [-0.25, -0.2) is 28.2 Å². The lowest BCUT2D eigenvalue weighted by Crippen LogP contribution is -2.50. The highest BCUT2D eigenvalue weighted by molar-refractivity contribution is 7.91. The van der Waals surface area contributed by atoms with Crippen molar-refractivity contribution in [3.63, 3.8) is 0 Å². The molecule has 2 aromatic heterocycles. The molecule has 0 radical (unpaired) electrons. The number of sulfonamides is 1. The molecule has 4 rings (SSSR count). The maximum Gasteiger partial charge on any atom is 0.410 e. The number of aryl methyl sites for hydroxylation is 1. The van der Waals surface area contributed by atoms with E-state index in [4.69, 9.17) is 5.11 Å². The third-order valence-electron chi connectivity index (χ3n) is 5.91. The topological polar surface area (TPSA) is 144 Å². The van der Waals surface area contributed by atoms with Crippen LogP contribution in [0.2, 0.25) is 0 Å². The molecule has 0 spiro atoms. The van der Waals surface area contributed by atoms with Crippen LogP contribution < -0.4 is 15.5 Å². The number of nitrogens with one attached hydrogen (secondary N) is 2. The quantitative estimate of drug-likeness (QED) is 0.394. The maximum atomic E-state index is 13.1. The summed E-state index contributed by atoms with van der Waals surface area (Å²) >= 11 is 0.833. The van der Waals surface area contributed by atoms with Gasteiger partial charge >= 0.3 is 6.09 Å². The summed E-state index contributed by atoms with van der Waals surface area (Å²) in [7, 11) is 0.211. The van der Waals surface area contributed by atoms with Gasteiger partial charge in [0.2, 0.25) is 0 Å². The molecule has 1 amide bonds. The first-order valence-electron chi connectivity index (χ1n) is 11.4. The van der Waals surface area contributed by atoms with Gasteiger partial charge in [-0.2, -0.15) is 4.31 Å². The number of aromatic nitrogens is 3. The van der Waals surface area contributed by atoms with Crippen molar-refractivity contribution >= 4 is 55.0 Å². The zero-order chi connectivity index (χ0) is 26.0. The maximum absolute atomic E-state index is 13.1. The minimum absolute atomic E-state index is 0.0482. The molecule has 3 heterocycles. The van der Waals surface area contributed by atoms with Crippen molar-refractivity contribution in [1.82, 2.24) is 24.2 Å². The fraction of sp³-hybridized carbons (Fsp3) is 0.455. The first kappa shape index (κ1) is 26.0. The van der Waals surface area contributed by atoms with Crippen LogP contribution in [0, 0.1) is 6.92 Å². The molecule has 1 aliphatic rings. The Morgan fingerprint density at radius 1 is 1.22 bits per heavy atom. The number of hydrogen-bond acceptors (Lipinski definition) is 10. The highest BCUT2D eigenvalue weighted by atomic mass is 32.2. The van der Waals surface area contributed by atoms with E-state index in [0.717, 1.165) is 40.3 Å². The molecule has 3 N–H and O–H groups in total. The summed E-state index contributed by atoms with van der Waals surface area (Å²) in [5, 5.41) is 15.5. The van der Waals surface area contributed by atoms with Gasteiger partial charge in [0.05, 0.1) is 16.9 Å².